The molecule has 0 N–H and O–H groups in total. The molecule has 4 nitrogen and oxygen atoms in total. The monoisotopic (exact) mass is 422 g/mol. The Morgan fingerprint density at radius 1 is 1.07 bits per heavy atom. The molecule has 4 aromatic rings. The third kappa shape index (κ3) is 3.88. The topological polar surface area (TPSA) is 44.1 Å². The summed E-state index contributed by atoms with van der Waals surface area (Å²) in [5, 5.41) is 1.77. The first kappa shape index (κ1) is 19.6. The average molecular weight is 423 g/mol. The summed E-state index contributed by atoms with van der Waals surface area (Å²) in [7, 11) is 1.66. The molecule has 0 amide bonds. The number of fused-ring (bicyclic) bond motifs is 1. The second kappa shape index (κ2) is 8.31. The Balaban J connectivity index is 1.88. The lowest BCUT2D eigenvalue weighted by Gasteiger charge is -2.16. The Bertz CT molecular complexity index is 1250. The fourth-order valence-electron chi connectivity index (χ4n) is 3.21. The lowest BCUT2D eigenvalue weighted by molar-refractivity contribution is 0.411. The van der Waals surface area contributed by atoms with Gasteiger partial charge < -0.3 is 4.74 Å². The molecule has 0 fully saturated rings. The Labute approximate surface area is 178 Å². The van der Waals surface area contributed by atoms with Crippen molar-refractivity contribution < 1.29 is 4.74 Å². The fourth-order valence-corrected chi connectivity index (χ4v) is 4.37. The van der Waals surface area contributed by atoms with Crippen LogP contribution in [0, 0.1) is 6.92 Å². The number of thioether (sulfide) groups is 1. The number of methoxy groups -OCH3 is 1. The van der Waals surface area contributed by atoms with E-state index in [2.05, 4.69) is 0 Å². The number of halogens is 1. The van der Waals surface area contributed by atoms with Crippen LogP contribution in [0.15, 0.2) is 76.7 Å². The van der Waals surface area contributed by atoms with Gasteiger partial charge >= 0.3 is 0 Å². The molecule has 0 bridgehead atoms. The van der Waals surface area contributed by atoms with E-state index in [0.29, 0.717) is 26.8 Å². The number of rotatable bonds is 5. The van der Waals surface area contributed by atoms with Crippen LogP contribution in [0.5, 0.6) is 5.75 Å². The summed E-state index contributed by atoms with van der Waals surface area (Å²) in [4.78, 5) is 18.2. The van der Waals surface area contributed by atoms with Crippen LogP contribution < -0.4 is 10.3 Å². The molecule has 3 aromatic carbocycles. The molecule has 0 aliphatic carbocycles. The number of aromatic nitrogens is 2. The van der Waals surface area contributed by atoms with E-state index >= 15 is 0 Å². The van der Waals surface area contributed by atoms with Crippen molar-refractivity contribution in [2.75, 3.05) is 7.11 Å². The maximum absolute atomic E-state index is 13.4. The summed E-state index contributed by atoms with van der Waals surface area (Å²) in [5.41, 5.74) is 3.30. The lowest BCUT2D eigenvalue weighted by Crippen LogP contribution is -2.22. The number of hydrogen-bond donors (Lipinski definition) is 0. The van der Waals surface area contributed by atoms with Gasteiger partial charge in [-0.05, 0) is 42.8 Å². The zero-order chi connectivity index (χ0) is 20.4. The molecule has 0 aliphatic heterocycles. The van der Waals surface area contributed by atoms with E-state index in [1.807, 2.05) is 67.6 Å². The number of hydrogen-bond acceptors (Lipinski definition) is 4. The molecule has 6 heteroatoms. The Morgan fingerprint density at radius 3 is 2.66 bits per heavy atom. The molecule has 0 saturated heterocycles. The van der Waals surface area contributed by atoms with Gasteiger partial charge in [0.25, 0.3) is 5.56 Å². The summed E-state index contributed by atoms with van der Waals surface area (Å²) >= 11 is 7.74. The van der Waals surface area contributed by atoms with Crippen LogP contribution in [0.25, 0.3) is 16.6 Å². The number of ether oxygens (including phenoxy) is 1. The fraction of sp³-hybridized carbons (Fsp3) is 0.130. The SMILES string of the molecule is COc1ccccc1CSc1nc2ccccc2c(=O)n1-c1cc(Cl)ccc1C. The van der Waals surface area contributed by atoms with Gasteiger partial charge in [0.1, 0.15) is 5.75 Å². The Kier molecular flexibility index (Phi) is 5.60. The van der Waals surface area contributed by atoms with Gasteiger partial charge in [-0.1, -0.05) is 59.8 Å². The molecule has 0 spiro atoms. The molecule has 1 heterocycles. The van der Waals surface area contributed by atoms with E-state index in [1.54, 1.807) is 17.7 Å². The zero-order valence-electron chi connectivity index (χ0n) is 16.1. The number of nitrogens with zero attached hydrogens (tertiary/aromatic N) is 2. The van der Waals surface area contributed by atoms with Crippen molar-refractivity contribution in [2.24, 2.45) is 0 Å². The molecule has 0 aliphatic rings. The summed E-state index contributed by atoms with van der Waals surface area (Å²) in [5.74, 6) is 1.43. The lowest BCUT2D eigenvalue weighted by atomic mass is 10.2. The van der Waals surface area contributed by atoms with Gasteiger partial charge in [-0.15, -0.1) is 0 Å². The summed E-state index contributed by atoms with van der Waals surface area (Å²) < 4.78 is 7.11. The molecule has 1 aromatic heterocycles. The Morgan fingerprint density at radius 2 is 1.83 bits per heavy atom. The first-order chi connectivity index (χ1) is 14.1. The van der Waals surface area contributed by atoms with Gasteiger partial charge in [-0.3, -0.25) is 9.36 Å². The number of para-hydroxylation sites is 2. The smallest absolute Gasteiger partial charge is 0.266 e. The third-order valence-electron chi connectivity index (χ3n) is 4.71. The molecule has 4 rings (SSSR count). The minimum absolute atomic E-state index is 0.108. The minimum atomic E-state index is -0.108. The van der Waals surface area contributed by atoms with Gasteiger partial charge in [-0.25, -0.2) is 4.98 Å². The van der Waals surface area contributed by atoms with Crippen molar-refractivity contribution >= 4 is 34.3 Å². The second-order valence-corrected chi connectivity index (χ2v) is 7.96. The van der Waals surface area contributed by atoms with Crippen molar-refractivity contribution in [3.63, 3.8) is 0 Å². The third-order valence-corrected chi connectivity index (χ3v) is 5.93. The van der Waals surface area contributed by atoms with Crippen LogP contribution in [-0.2, 0) is 5.75 Å². The van der Waals surface area contributed by atoms with E-state index in [9.17, 15) is 4.79 Å². The Hall–Kier alpha value is -2.76. The zero-order valence-corrected chi connectivity index (χ0v) is 17.6. The molecule has 29 heavy (non-hydrogen) atoms. The summed E-state index contributed by atoms with van der Waals surface area (Å²) in [6, 6.07) is 20.8. The maximum Gasteiger partial charge on any atom is 0.266 e. The van der Waals surface area contributed by atoms with Crippen molar-refractivity contribution in [3.8, 4) is 11.4 Å². The van der Waals surface area contributed by atoms with Crippen LogP contribution in [0.1, 0.15) is 11.1 Å². The largest absolute Gasteiger partial charge is 0.496 e. The van der Waals surface area contributed by atoms with E-state index in [4.69, 9.17) is 21.3 Å². The molecule has 0 saturated carbocycles. The summed E-state index contributed by atoms with van der Waals surface area (Å²) in [6.45, 7) is 1.96. The first-order valence-electron chi connectivity index (χ1n) is 9.11. The van der Waals surface area contributed by atoms with Gasteiger partial charge in [0.05, 0.1) is 23.7 Å². The normalized spacial score (nSPS) is 11.0. The quantitative estimate of drug-likeness (QED) is 0.308. The molecule has 0 unspecified atom stereocenters. The van der Waals surface area contributed by atoms with Crippen molar-refractivity contribution in [2.45, 2.75) is 17.8 Å². The predicted molar refractivity (Wildman–Crippen MR) is 120 cm³/mol. The van der Waals surface area contributed by atoms with Crippen LogP contribution >= 0.6 is 23.4 Å². The van der Waals surface area contributed by atoms with E-state index in [1.165, 1.54) is 11.8 Å². The number of benzene rings is 3. The van der Waals surface area contributed by atoms with Crippen LogP contribution in [0.3, 0.4) is 0 Å². The van der Waals surface area contributed by atoms with Crippen LogP contribution in [-0.4, -0.2) is 16.7 Å². The van der Waals surface area contributed by atoms with Gasteiger partial charge in [0.15, 0.2) is 5.16 Å². The first-order valence-corrected chi connectivity index (χ1v) is 10.5. The highest BCUT2D eigenvalue weighted by atomic mass is 35.5. The molecule has 0 atom stereocenters. The van der Waals surface area contributed by atoms with Gasteiger partial charge in [0, 0.05) is 16.3 Å². The molecule has 0 radical (unpaired) electrons. The van der Waals surface area contributed by atoms with Crippen molar-refractivity contribution in [1.29, 1.82) is 0 Å². The van der Waals surface area contributed by atoms with Crippen LogP contribution in [0.4, 0.5) is 0 Å². The molecule has 146 valence electrons. The number of aryl methyl sites for hydroxylation is 1. The highest BCUT2D eigenvalue weighted by Crippen LogP contribution is 2.30. The second-order valence-electron chi connectivity index (χ2n) is 6.58. The van der Waals surface area contributed by atoms with E-state index in [-0.39, 0.29) is 5.56 Å². The summed E-state index contributed by atoms with van der Waals surface area (Å²) in [6.07, 6.45) is 0. The van der Waals surface area contributed by atoms with Crippen LogP contribution in [0.2, 0.25) is 5.02 Å². The van der Waals surface area contributed by atoms with Crippen molar-refractivity contribution in [3.05, 3.63) is 93.2 Å². The standard InChI is InChI=1S/C23H19ClN2O2S/c1-15-11-12-17(24)13-20(15)26-22(27)18-8-4-5-9-19(18)25-23(26)29-14-16-7-3-6-10-21(16)28-2/h3-13H,14H2,1-2H3. The molecular weight excluding hydrogens is 404 g/mol. The van der Waals surface area contributed by atoms with E-state index < -0.39 is 0 Å². The van der Waals surface area contributed by atoms with E-state index in [0.717, 1.165) is 22.6 Å². The van der Waals surface area contributed by atoms with Gasteiger partial charge in [0.2, 0.25) is 0 Å². The predicted octanol–water partition coefficient (Wildman–Crippen LogP) is 5.65. The highest BCUT2D eigenvalue weighted by molar-refractivity contribution is 7.98. The molecular formula is C23H19ClN2O2S. The highest BCUT2D eigenvalue weighted by Gasteiger charge is 2.16. The van der Waals surface area contributed by atoms with Crippen molar-refractivity contribution in [1.82, 2.24) is 9.55 Å². The van der Waals surface area contributed by atoms with Gasteiger partial charge in [-0.2, -0.15) is 0 Å². The average Bonchev–Trinajstić information content (AvgIpc) is 2.74. The maximum atomic E-state index is 13.4. The minimum Gasteiger partial charge on any atom is -0.496 e.